The number of hydrogen-bond donors (Lipinski definition) is 0. The van der Waals surface area contributed by atoms with Gasteiger partial charge in [0.25, 0.3) is 0 Å². The van der Waals surface area contributed by atoms with Gasteiger partial charge in [-0.2, -0.15) is 0 Å². The summed E-state index contributed by atoms with van der Waals surface area (Å²) in [6, 6.07) is 30.3. The number of hydrogen-bond acceptors (Lipinski definition) is 2. The van der Waals surface area contributed by atoms with E-state index in [1.54, 1.807) is 11.8 Å². The summed E-state index contributed by atoms with van der Waals surface area (Å²) in [5.74, 6) is 0. The maximum atomic E-state index is 6.59. The second-order valence-corrected chi connectivity index (χ2v) is 6.56. The van der Waals surface area contributed by atoms with Crippen molar-refractivity contribution < 1.29 is 0 Å². The Kier molecular flexibility index (Phi) is 5.51. The number of para-hydroxylation sites is 1. The van der Waals surface area contributed by atoms with Crippen LogP contribution in [0.25, 0.3) is 0 Å². The summed E-state index contributed by atoms with van der Waals surface area (Å²) < 4.78 is 0. The van der Waals surface area contributed by atoms with Crippen molar-refractivity contribution in [1.82, 2.24) is 0 Å². The van der Waals surface area contributed by atoms with Crippen molar-refractivity contribution in [2.45, 2.75) is 10.1 Å². The molecule has 1 nitrogen and oxygen atoms in total. The van der Waals surface area contributed by atoms with Gasteiger partial charge in [0.15, 0.2) is 0 Å². The lowest BCUT2D eigenvalue weighted by Crippen LogP contribution is -2.03. The minimum atomic E-state index is -0.0273. The molecule has 0 fully saturated rings. The first-order chi connectivity index (χ1) is 11.3. The lowest BCUT2D eigenvalue weighted by molar-refractivity contribution is 1.28. The lowest BCUT2D eigenvalue weighted by atomic mass is 10.1. The zero-order valence-corrected chi connectivity index (χ0v) is 14.0. The molecule has 0 saturated carbocycles. The van der Waals surface area contributed by atoms with Crippen molar-refractivity contribution >= 4 is 34.2 Å². The van der Waals surface area contributed by atoms with Crippen molar-refractivity contribution in [3.8, 4) is 0 Å². The topological polar surface area (TPSA) is 12.4 Å². The lowest BCUT2D eigenvalue weighted by Gasteiger charge is -2.15. The molecule has 0 radical (unpaired) electrons. The van der Waals surface area contributed by atoms with E-state index in [0.717, 1.165) is 11.3 Å². The van der Waals surface area contributed by atoms with Crippen LogP contribution in [0, 0.1) is 0 Å². The average Bonchev–Trinajstić information content (AvgIpc) is 2.62. The first-order valence-electron chi connectivity index (χ1n) is 7.39. The van der Waals surface area contributed by atoms with Gasteiger partial charge < -0.3 is 0 Å². The summed E-state index contributed by atoms with van der Waals surface area (Å²) in [7, 11) is 0. The quantitative estimate of drug-likeness (QED) is 0.383. The average molecular weight is 338 g/mol. The number of thioether (sulfide) groups is 1. The molecule has 0 N–H and O–H groups in total. The standard InChI is InChI=1S/C20H16ClNS/c21-20(22-17-12-6-2-7-13-17)19(16-10-4-1-5-11-16)23-18-14-8-3-9-15-18/h1-15,19H. The van der Waals surface area contributed by atoms with Gasteiger partial charge >= 0.3 is 0 Å². The molecule has 0 heterocycles. The fourth-order valence-electron chi connectivity index (χ4n) is 2.20. The molecule has 0 bridgehead atoms. The fraction of sp³-hybridized carbons (Fsp3) is 0.0500. The van der Waals surface area contributed by atoms with Crippen LogP contribution in [-0.2, 0) is 0 Å². The highest BCUT2D eigenvalue weighted by molar-refractivity contribution is 8.00. The van der Waals surface area contributed by atoms with Crippen LogP contribution in [0.3, 0.4) is 0 Å². The highest BCUT2D eigenvalue weighted by atomic mass is 35.5. The van der Waals surface area contributed by atoms with Crippen LogP contribution in [0.4, 0.5) is 5.69 Å². The molecule has 3 heteroatoms. The van der Waals surface area contributed by atoms with Crippen LogP contribution >= 0.6 is 23.4 Å². The summed E-state index contributed by atoms with van der Waals surface area (Å²) in [6.07, 6.45) is 0. The van der Waals surface area contributed by atoms with E-state index in [2.05, 4.69) is 29.3 Å². The van der Waals surface area contributed by atoms with Crippen molar-refractivity contribution in [1.29, 1.82) is 0 Å². The Balaban J connectivity index is 1.93. The van der Waals surface area contributed by atoms with E-state index >= 15 is 0 Å². The predicted molar refractivity (Wildman–Crippen MR) is 101 cm³/mol. The summed E-state index contributed by atoms with van der Waals surface area (Å²) in [5, 5.41) is 0.553. The highest BCUT2D eigenvalue weighted by Crippen LogP contribution is 2.38. The van der Waals surface area contributed by atoms with Gasteiger partial charge in [0.2, 0.25) is 0 Å². The maximum absolute atomic E-state index is 6.59. The maximum Gasteiger partial charge on any atom is 0.124 e. The fourth-order valence-corrected chi connectivity index (χ4v) is 3.59. The molecule has 0 saturated heterocycles. The van der Waals surface area contributed by atoms with E-state index in [9.17, 15) is 0 Å². The van der Waals surface area contributed by atoms with Gasteiger partial charge in [0.05, 0.1) is 10.9 Å². The summed E-state index contributed by atoms with van der Waals surface area (Å²) >= 11 is 8.30. The Bertz CT molecular complexity index is 757. The molecule has 0 aliphatic carbocycles. The van der Waals surface area contributed by atoms with Crippen molar-refractivity contribution in [2.75, 3.05) is 0 Å². The monoisotopic (exact) mass is 337 g/mol. The van der Waals surface area contributed by atoms with Crippen LogP contribution in [-0.4, -0.2) is 5.17 Å². The zero-order valence-electron chi connectivity index (χ0n) is 12.5. The van der Waals surface area contributed by atoms with Crippen molar-refractivity contribution in [2.24, 2.45) is 4.99 Å². The smallest absolute Gasteiger partial charge is 0.124 e. The number of nitrogens with zero attached hydrogens (tertiary/aromatic N) is 1. The van der Waals surface area contributed by atoms with E-state index in [0.29, 0.717) is 5.17 Å². The van der Waals surface area contributed by atoms with E-state index in [1.807, 2.05) is 66.7 Å². The second kappa shape index (κ2) is 8.00. The van der Waals surface area contributed by atoms with E-state index < -0.39 is 0 Å². The molecule has 0 aliphatic heterocycles. The minimum Gasteiger partial charge on any atom is -0.240 e. The van der Waals surface area contributed by atoms with Crippen LogP contribution in [0.15, 0.2) is 101 Å². The first kappa shape index (κ1) is 15.9. The van der Waals surface area contributed by atoms with E-state index in [-0.39, 0.29) is 5.25 Å². The van der Waals surface area contributed by atoms with E-state index in [4.69, 9.17) is 11.6 Å². The van der Waals surface area contributed by atoms with Gasteiger partial charge in [0.1, 0.15) is 5.17 Å². The highest BCUT2D eigenvalue weighted by Gasteiger charge is 2.18. The molecule has 0 amide bonds. The summed E-state index contributed by atoms with van der Waals surface area (Å²) in [5.41, 5.74) is 2.01. The van der Waals surface area contributed by atoms with Crippen LogP contribution in [0.5, 0.6) is 0 Å². The van der Waals surface area contributed by atoms with Crippen molar-refractivity contribution in [3.05, 3.63) is 96.6 Å². The Morgan fingerprint density at radius 3 is 1.87 bits per heavy atom. The third-order valence-corrected chi connectivity index (χ3v) is 5.02. The molecule has 0 aliphatic rings. The van der Waals surface area contributed by atoms with Gasteiger partial charge in [-0.15, -0.1) is 11.8 Å². The number of aliphatic imine (C=N–C) groups is 1. The van der Waals surface area contributed by atoms with Gasteiger partial charge in [0, 0.05) is 4.90 Å². The molecular formula is C20H16ClNS. The molecule has 23 heavy (non-hydrogen) atoms. The Morgan fingerprint density at radius 1 is 0.739 bits per heavy atom. The van der Waals surface area contributed by atoms with Crippen LogP contribution < -0.4 is 0 Å². The molecule has 3 aromatic carbocycles. The minimum absolute atomic E-state index is 0.0273. The van der Waals surface area contributed by atoms with Gasteiger partial charge in [-0.1, -0.05) is 78.3 Å². The molecule has 114 valence electrons. The van der Waals surface area contributed by atoms with Crippen LogP contribution in [0.2, 0.25) is 0 Å². The second-order valence-electron chi connectivity index (χ2n) is 4.99. The van der Waals surface area contributed by atoms with Gasteiger partial charge in [-0.3, -0.25) is 0 Å². The number of halogens is 1. The summed E-state index contributed by atoms with van der Waals surface area (Å²) in [6.45, 7) is 0. The summed E-state index contributed by atoms with van der Waals surface area (Å²) in [4.78, 5) is 5.76. The number of rotatable bonds is 5. The molecule has 1 unspecified atom stereocenters. The van der Waals surface area contributed by atoms with Crippen LogP contribution in [0.1, 0.15) is 10.8 Å². The van der Waals surface area contributed by atoms with E-state index in [1.165, 1.54) is 4.90 Å². The molecule has 1 atom stereocenters. The Morgan fingerprint density at radius 2 is 1.26 bits per heavy atom. The first-order valence-corrected chi connectivity index (χ1v) is 8.64. The Hall–Kier alpha value is -2.03. The molecule has 3 aromatic rings. The predicted octanol–water partition coefficient (Wildman–Crippen LogP) is 6.49. The third kappa shape index (κ3) is 4.47. The molecule has 0 aromatic heterocycles. The van der Waals surface area contributed by atoms with Gasteiger partial charge in [-0.25, -0.2) is 4.99 Å². The largest absolute Gasteiger partial charge is 0.240 e. The van der Waals surface area contributed by atoms with Crippen molar-refractivity contribution in [3.63, 3.8) is 0 Å². The van der Waals surface area contributed by atoms with Gasteiger partial charge in [-0.05, 0) is 29.8 Å². The zero-order chi connectivity index (χ0) is 15.9. The molecular weight excluding hydrogens is 322 g/mol. The number of benzene rings is 3. The third-order valence-electron chi connectivity index (χ3n) is 3.31. The Labute approximate surface area is 146 Å². The molecule has 0 spiro atoms. The molecule has 3 rings (SSSR count). The SMILES string of the molecule is ClC(=Nc1ccccc1)C(Sc1ccccc1)c1ccccc1. The normalized spacial score (nSPS) is 12.8.